The molecule has 0 aliphatic carbocycles. The molecule has 0 aromatic rings. The number of hydrogen-bond donors (Lipinski definition) is 0. The molecule has 1 saturated heterocycles. The first-order valence-corrected chi connectivity index (χ1v) is 6.47. The number of methoxy groups -OCH3 is 1. The zero-order chi connectivity index (χ0) is 14.6. The molecule has 1 fully saturated rings. The van der Waals surface area contributed by atoms with E-state index in [1.54, 1.807) is 20.8 Å². The molecule has 6 nitrogen and oxygen atoms in total. The number of carbonyl (C=O) groups excluding carboxylic acids is 2. The van der Waals surface area contributed by atoms with Gasteiger partial charge in [-0.25, -0.2) is 9.59 Å². The number of rotatable bonds is 3. The van der Waals surface area contributed by atoms with Crippen molar-refractivity contribution in [2.75, 3.05) is 20.3 Å². The highest BCUT2D eigenvalue weighted by molar-refractivity contribution is 5.82. The summed E-state index contributed by atoms with van der Waals surface area (Å²) in [7, 11) is 1.31. The predicted molar refractivity (Wildman–Crippen MR) is 68.8 cm³/mol. The fourth-order valence-electron chi connectivity index (χ4n) is 2.04. The van der Waals surface area contributed by atoms with Gasteiger partial charge in [0, 0.05) is 13.0 Å². The molecule has 0 N–H and O–H groups in total. The first-order chi connectivity index (χ1) is 8.78. The van der Waals surface area contributed by atoms with Crippen molar-refractivity contribution >= 4 is 12.1 Å². The molecule has 1 aliphatic rings. The van der Waals surface area contributed by atoms with Crippen molar-refractivity contribution in [3.05, 3.63) is 0 Å². The number of esters is 1. The van der Waals surface area contributed by atoms with Gasteiger partial charge in [-0.05, 0) is 27.7 Å². The van der Waals surface area contributed by atoms with Gasteiger partial charge in [0.15, 0.2) is 0 Å². The van der Waals surface area contributed by atoms with Gasteiger partial charge in [-0.1, -0.05) is 0 Å². The van der Waals surface area contributed by atoms with Crippen molar-refractivity contribution < 1.29 is 23.8 Å². The van der Waals surface area contributed by atoms with Gasteiger partial charge in [0.1, 0.15) is 11.6 Å². The molecule has 0 aromatic heterocycles. The van der Waals surface area contributed by atoms with Crippen molar-refractivity contribution in [1.82, 2.24) is 4.90 Å². The second-order valence-electron chi connectivity index (χ2n) is 5.48. The fraction of sp³-hybridized carbons (Fsp3) is 0.846. The van der Waals surface area contributed by atoms with Crippen molar-refractivity contribution in [3.63, 3.8) is 0 Å². The lowest BCUT2D eigenvalue weighted by Gasteiger charge is -2.27. The average Bonchev–Trinajstić information content (AvgIpc) is 2.70. The third-order valence-corrected chi connectivity index (χ3v) is 2.77. The summed E-state index contributed by atoms with van der Waals surface area (Å²) in [5, 5.41) is 0. The van der Waals surface area contributed by atoms with E-state index in [-0.39, 0.29) is 6.10 Å². The molecule has 0 saturated carbocycles. The van der Waals surface area contributed by atoms with Crippen LogP contribution in [0.2, 0.25) is 0 Å². The van der Waals surface area contributed by atoms with E-state index in [0.29, 0.717) is 19.6 Å². The average molecular weight is 273 g/mol. The molecule has 1 heterocycles. The van der Waals surface area contributed by atoms with Crippen LogP contribution in [0.25, 0.3) is 0 Å². The molecule has 6 heteroatoms. The summed E-state index contributed by atoms with van der Waals surface area (Å²) in [4.78, 5) is 25.2. The Labute approximate surface area is 114 Å². The monoisotopic (exact) mass is 273 g/mol. The minimum Gasteiger partial charge on any atom is -0.467 e. The minimum absolute atomic E-state index is 0.151. The third-order valence-electron chi connectivity index (χ3n) is 2.77. The lowest BCUT2D eigenvalue weighted by Crippen LogP contribution is -2.44. The van der Waals surface area contributed by atoms with Crippen LogP contribution in [0.1, 0.15) is 34.1 Å². The van der Waals surface area contributed by atoms with Crippen LogP contribution >= 0.6 is 0 Å². The molecule has 19 heavy (non-hydrogen) atoms. The van der Waals surface area contributed by atoms with E-state index in [9.17, 15) is 9.59 Å². The number of carbonyl (C=O) groups is 2. The van der Waals surface area contributed by atoms with E-state index in [0.717, 1.165) is 0 Å². The highest BCUT2D eigenvalue weighted by Gasteiger charge is 2.42. The largest absolute Gasteiger partial charge is 0.467 e. The molecule has 0 bridgehead atoms. The van der Waals surface area contributed by atoms with Crippen LogP contribution in [0.15, 0.2) is 0 Å². The van der Waals surface area contributed by atoms with Gasteiger partial charge in [-0.2, -0.15) is 0 Å². The summed E-state index contributed by atoms with van der Waals surface area (Å²) in [6.45, 7) is 8.13. The predicted octanol–water partition coefficient (Wildman–Crippen LogP) is 1.57. The highest BCUT2D eigenvalue weighted by atomic mass is 16.6. The molecular weight excluding hydrogens is 250 g/mol. The molecule has 1 amide bonds. The molecule has 1 aliphatic heterocycles. The third kappa shape index (κ3) is 4.38. The van der Waals surface area contributed by atoms with Crippen LogP contribution in [0.3, 0.4) is 0 Å². The van der Waals surface area contributed by atoms with Crippen LogP contribution in [0, 0.1) is 0 Å². The lowest BCUT2D eigenvalue weighted by molar-refractivity contribution is -0.145. The molecule has 2 atom stereocenters. The smallest absolute Gasteiger partial charge is 0.411 e. The maximum atomic E-state index is 12.1. The lowest BCUT2D eigenvalue weighted by atomic mass is 10.2. The standard InChI is InChI=1S/C13H23NO5/c1-6-18-9-7-10(11(15)17-5)14(8-9)12(16)19-13(2,3)4/h9-10H,6-8H2,1-5H3. The summed E-state index contributed by atoms with van der Waals surface area (Å²) in [5.74, 6) is -0.437. The Kier molecular flexibility index (Phi) is 5.17. The molecule has 2 unspecified atom stereocenters. The molecule has 0 radical (unpaired) electrons. The van der Waals surface area contributed by atoms with Crippen molar-refractivity contribution in [1.29, 1.82) is 0 Å². The Bertz CT molecular complexity index is 336. The van der Waals surface area contributed by atoms with Crippen LogP contribution in [0.4, 0.5) is 4.79 Å². The van der Waals surface area contributed by atoms with Crippen LogP contribution in [-0.4, -0.2) is 55.0 Å². The molecule has 0 spiro atoms. The van der Waals surface area contributed by atoms with Gasteiger partial charge in [0.05, 0.1) is 19.8 Å². The fourth-order valence-corrected chi connectivity index (χ4v) is 2.04. The van der Waals surface area contributed by atoms with E-state index in [1.165, 1.54) is 12.0 Å². The van der Waals surface area contributed by atoms with Crippen LogP contribution in [0.5, 0.6) is 0 Å². The Morgan fingerprint density at radius 1 is 1.32 bits per heavy atom. The number of nitrogens with zero attached hydrogens (tertiary/aromatic N) is 1. The van der Waals surface area contributed by atoms with E-state index >= 15 is 0 Å². The maximum absolute atomic E-state index is 12.1. The summed E-state index contributed by atoms with van der Waals surface area (Å²) in [6.07, 6.45) is -0.216. The number of likely N-dealkylation sites (tertiary alicyclic amines) is 1. The van der Waals surface area contributed by atoms with Gasteiger partial charge >= 0.3 is 12.1 Å². The van der Waals surface area contributed by atoms with E-state index < -0.39 is 23.7 Å². The van der Waals surface area contributed by atoms with Gasteiger partial charge in [0.2, 0.25) is 0 Å². The highest BCUT2D eigenvalue weighted by Crippen LogP contribution is 2.24. The van der Waals surface area contributed by atoms with Crippen LogP contribution in [-0.2, 0) is 19.0 Å². The number of amides is 1. The number of ether oxygens (including phenoxy) is 3. The van der Waals surface area contributed by atoms with Gasteiger partial charge in [-0.15, -0.1) is 0 Å². The minimum atomic E-state index is -0.628. The molecular formula is C13H23NO5. The first kappa shape index (κ1) is 15.8. The Morgan fingerprint density at radius 2 is 1.95 bits per heavy atom. The maximum Gasteiger partial charge on any atom is 0.411 e. The first-order valence-electron chi connectivity index (χ1n) is 6.47. The van der Waals surface area contributed by atoms with Crippen molar-refractivity contribution in [2.45, 2.75) is 51.9 Å². The van der Waals surface area contributed by atoms with Crippen molar-refractivity contribution in [3.8, 4) is 0 Å². The summed E-state index contributed by atoms with van der Waals surface area (Å²) in [6, 6.07) is -0.628. The second-order valence-corrected chi connectivity index (χ2v) is 5.48. The quantitative estimate of drug-likeness (QED) is 0.730. The summed E-state index contributed by atoms with van der Waals surface area (Å²) >= 11 is 0. The SMILES string of the molecule is CCOC1CC(C(=O)OC)N(C(=O)OC(C)(C)C)C1. The molecule has 0 aromatic carbocycles. The van der Waals surface area contributed by atoms with Gasteiger partial charge in [0.25, 0.3) is 0 Å². The Hall–Kier alpha value is -1.30. The second kappa shape index (κ2) is 6.23. The van der Waals surface area contributed by atoms with E-state index in [1.807, 2.05) is 6.92 Å². The van der Waals surface area contributed by atoms with E-state index in [4.69, 9.17) is 14.2 Å². The van der Waals surface area contributed by atoms with Gasteiger partial charge in [-0.3, -0.25) is 4.90 Å². The summed E-state index contributed by atoms with van der Waals surface area (Å²) in [5.41, 5.74) is -0.596. The van der Waals surface area contributed by atoms with Crippen LogP contribution < -0.4 is 0 Å². The Balaban J connectivity index is 2.76. The number of hydrogen-bond acceptors (Lipinski definition) is 5. The molecule has 110 valence electrons. The Morgan fingerprint density at radius 3 is 2.42 bits per heavy atom. The zero-order valence-corrected chi connectivity index (χ0v) is 12.3. The zero-order valence-electron chi connectivity index (χ0n) is 12.3. The van der Waals surface area contributed by atoms with Crippen molar-refractivity contribution in [2.24, 2.45) is 0 Å². The normalized spacial score (nSPS) is 23.3. The molecule has 1 rings (SSSR count). The summed E-state index contributed by atoms with van der Waals surface area (Å²) < 4.78 is 15.5. The van der Waals surface area contributed by atoms with E-state index in [2.05, 4.69) is 0 Å². The van der Waals surface area contributed by atoms with Gasteiger partial charge < -0.3 is 14.2 Å². The topological polar surface area (TPSA) is 65.1 Å².